The second-order valence-electron chi connectivity index (χ2n) is 10.3. The number of nitrogens with one attached hydrogen (secondary N) is 4. The largest absolute Gasteiger partial charge is 0.454 e. The molecule has 1 aliphatic carbocycles. The molecule has 12 heteroatoms. The van der Waals surface area contributed by atoms with Gasteiger partial charge in [0.25, 0.3) is 5.91 Å². The van der Waals surface area contributed by atoms with Gasteiger partial charge in [0.2, 0.25) is 5.91 Å². The fourth-order valence-electron chi connectivity index (χ4n) is 5.95. The highest BCUT2D eigenvalue weighted by Crippen LogP contribution is 2.47. The van der Waals surface area contributed by atoms with Gasteiger partial charge in [-0.2, -0.15) is 0 Å². The topological polar surface area (TPSA) is 138 Å². The number of aromatic nitrogens is 2. The number of carbonyl (C=O) groups excluding carboxylic acids is 3. The van der Waals surface area contributed by atoms with Crippen molar-refractivity contribution in [1.29, 1.82) is 0 Å². The van der Waals surface area contributed by atoms with Gasteiger partial charge in [-0.25, -0.2) is 9.78 Å². The van der Waals surface area contributed by atoms with Gasteiger partial charge in [-0.3, -0.25) is 19.5 Å². The quantitative estimate of drug-likeness (QED) is 0.379. The van der Waals surface area contributed by atoms with Crippen LogP contribution in [0.15, 0.2) is 59.9 Å². The number of hydrogen-bond donors (Lipinski definition) is 4. The van der Waals surface area contributed by atoms with Gasteiger partial charge in [0.1, 0.15) is 17.3 Å². The Labute approximate surface area is 236 Å². The number of aryl methyl sites for hydroxylation is 1. The van der Waals surface area contributed by atoms with E-state index >= 15 is 0 Å². The molecule has 4 amide bonds. The van der Waals surface area contributed by atoms with E-state index in [0.29, 0.717) is 34.5 Å². The van der Waals surface area contributed by atoms with Crippen molar-refractivity contribution in [2.45, 2.75) is 56.1 Å². The maximum atomic E-state index is 13.5. The smallest absolute Gasteiger partial charge is 0.327 e. The number of anilines is 1. The fraction of sp³-hybridized carbons (Fsp3) is 0.393. The lowest BCUT2D eigenvalue weighted by atomic mass is 9.86. The molecule has 0 spiro atoms. The molecule has 5 heterocycles. The Morgan fingerprint density at radius 3 is 2.75 bits per heavy atom. The van der Waals surface area contributed by atoms with Crippen LogP contribution in [-0.2, 0) is 9.59 Å². The number of thioether (sulfide) groups is 1. The van der Waals surface area contributed by atoms with Gasteiger partial charge in [0.15, 0.2) is 0 Å². The molecule has 0 aromatic carbocycles. The maximum absolute atomic E-state index is 13.5. The number of amides is 4. The minimum atomic E-state index is -0.314. The van der Waals surface area contributed by atoms with Crippen LogP contribution in [0, 0.1) is 12.8 Å². The van der Waals surface area contributed by atoms with Crippen molar-refractivity contribution in [3.8, 4) is 11.5 Å². The van der Waals surface area contributed by atoms with Crippen molar-refractivity contribution in [3.05, 3.63) is 65.6 Å². The lowest BCUT2D eigenvalue weighted by molar-refractivity contribution is -0.119. The zero-order valence-corrected chi connectivity index (χ0v) is 22.9. The highest BCUT2D eigenvalue weighted by molar-refractivity contribution is 8.04. The van der Waals surface area contributed by atoms with E-state index in [-0.39, 0.29) is 47.3 Å². The summed E-state index contributed by atoms with van der Waals surface area (Å²) in [5.41, 5.74) is 1.42. The third-order valence-corrected chi connectivity index (χ3v) is 9.20. The van der Waals surface area contributed by atoms with Crippen LogP contribution < -0.4 is 30.9 Å². The van der Waals surface area contributed by atoms with Crippen molar-refractivity contribution < 1.29 is 19.1 Å². The standard InChI is InChI=1S/C28H31N7O4S/c1-3-22(36)32-17-6-4-7-18(17)33-26(37)25-24-23-19(11-13-30-27(23)40-25)35(28(38)34-24)21-10-9-16(14-31-21)39-20-8-5-12-29-15(20)2/h3,5,8-10,12,14,17-19,23,27,30H,1,4,6-7,11,13H2,2H3,(H,32,36)(H,33,37)(H,34,38)/t17-,18+,19?,23?,27?/m0/s1. The van der Waals surface area contributed by atoms with Crippen LogP contribution in [0.5, 0.6) is 11.5 Å². The van der Waals surface area contributed by atoms with Crippen LogP contribution >= 0.6 is 11.8 Å². The van der Waals surface area contributed by atoms with E-state index in [2.05, 4.69) is 37.8 Å². The summed E-state index contributed by atoms with van der Waals surface area (Å²) in [6.45, 7) is 6.10. The number of urea groups is 1. The molecule has 11 nitrogen and oxygen atoms in total. The van der Waals surface area contributed by atoms with Crippen molar-refractivity contribution >= 4 is 35.4 Å². The molecule has 2 aromatic heterocycles. The van der Waals surface area contributed by atoms with Crippen LogP contribution in [0.25, 0.3) is 0 Å². The van der Waals surface area contributed by atoms with Crippen molar-refractivity contribution in [2.24, 2.45) is 5.92 Å². The van der Waals surface area contributed by atoms with Crippen LogP contribution in [0.2, 0.25) is 0 Å². The third kappa shape index (κ3) is 4.92. The van der Waals surface area contributed by atoms with Crippen LogP contribution in [0.3, 0.4) is 0 Å². The van der Waals surface area contributed by atoms with E-state index in [1.807, 2.05) is 19.1 Å². The van der Waals surface area contributed by atoms with Crippen LogP contribution in [0.1, 0.15) is 31.4 Å². The highest BCUT2D eigenvalue weighted by atomic mass is 32.2. The second kappa shape index (κ2) is 10.9. The molecule has 0 bridgehead atoms. The summed E-state index contributed by atoms with van der Waals surface area (Å²) in [7, 11) is 0. The number of carbonyl (C=O) groups is 3. The summed E-state index contributed by atoms with van der Waals surface area (Å²) < 4.78 is 5.92. The van der Waals surface area contributed by atoms with Crippen molar-refractivity contribution in [2.75, 3.05) is 11.4 Å². The Morgan fingerprint density at radius 2 is 2.00 bits per heavy atom. The molecule has 6 rings (SSSR count). The van der Waals surface area contributed by atoms with Crippen molar-refractivity contribution in [1.82, 2.24) is 31.2 Å². The first-order chi connectivity index (χ1) is 19.4. The number of rotatable bonds is 7. The van der Waals surface area contributed by atoms with Gasteiger partial charge in [0.05, 0.1) is 28.2 Å². The Balaban J connectivity index is 1.20. The van der Waals surface area contributed by atoms with E-state index < -0.39 is 0 Å². The molecule has 2 saturated heterocycles. The monoisotopic (exact) mass is 561 g/mol. The summed E-state index contributed by atoms with van der Waals surface area (Å²) in [6, 6.07) is 6.43. The molecule has 5 atom stereocenters. The predicted octanol–water partition coefficient (Wildman–Crippen LogP) is 2.71. The first-order valence-corrected chi connectivity index (χ1v) is 14.3. The van der Waals surface area contributed by atoms with E-state index in [9.17, 15) is 14.4 Å². The predicted molar refractivity (Wildman–Crippen MR) is 151 cm³/mol. The number of hydrogen-bond acceptors (Lipinski definition) is 8. The molecule has 2 aromatic rings. The first-order valence-electron chi connectivity index (χ1n) is 13.5. The molecule has 4 N–H and O–H groups in total. The number of ether oxygens (including phenoxy) is 1. The first kappa shape index (κ1) is 26.3. The van der Waals surface area contributed by atoms with Crippen LogP contribution in [0.4, 0.5) is 10.6 Å². The third-order valence-electron chi connectivity index (χ3n) is 7.85. The van der Waals surface area contributed by atoms with Gasteiger partial charge >= 0.3 is 6.03 Å². The van der Waals surface area contributed by atoms with Crippen molar-refractivity contribution in [3.63, 3.8) is 0 Å². The lowest BCUT2D eigenvalue weighted by Gasteiger charge is -2.45. The van der Waals surface area contributed by atoms with Gasteiger partial charge in [-0.15, -0.1) is 0 Å². The number of pyridine rings is 2. The normalized spacial score (nSPS) is 27.1. The van der Waals surface area contributed by atoms with E-state index in [1.54, 1.807) is 29.4 Å². The summed E-state index contributed by atoms with van der Waals surface area (Å²) >= 11 is 1.45. The Bertz CT molecular complexity index is 1380. The molecule has 3 fully saturated rings. The second-order valence-corrected chi connectivity index (χ2v) is 11.4. The molecular formula is C28H31N7O4S. The Morgan fingerprint density at radius 1 is 1.18 bits per heavy atom. The summed E-state index contributed by atoms with van der Waals surface area (Å²) in [4.78, 5) is 49.8. The minimum Gasteiger partial charge on any atom is -0.454 e. The van der Waals surface area contributed by atoms with E-state index in [0.717, 1.165) is 31.4 Å². The average molecular weight is 562 g/mol. The van der Waals surface area contributed by atoms with Gasteiger partial charge in [-0.1, -0.05) is 18.3 Å². The lowest BCUT2D eigenvalue weighted by Crippen LogP contribution is -2.62. The Hall–Kier alpha value is -3.90. The van der Waals surface area contributed by atoms with Gasteiger partial charge in [-0.05, 0) is 69.5 Å². The zero-order chi connectivity index (χ0) is 27.8. The van der Waals surface area contributed by atoms with Gasteiger partial charge in [0, 0.05) is 29.9 Å². The summed E-state index contributed by atoms with van der Waals surface area (Å²) in [5.74, 6) is 1.15. The molecule has 3 unspecified atom stereocenters. The van der Waals surface area contributed by atoms with Crippen LogP contribution in [-0.4, -0.2) is 57.9 Å². The number of nitrogens with zero attached hydrogens (tertiary/aromatic N) is 3. The summed E-state index contributed by atoms with van der Waals surface area (Å²) in [6.07, 6.45) is 7.75. The molecule has 1 saturated carbocycles. The van der Waals surface area contributed by atoms with Gasteiger partial charge < -0.3 is 26.0 Å². The number of piperidine rings is 1. The molecule has 3 aliphatic heterocycles. The zero-order valence-electron chi connectivity index (χ0n) is 22.1. The maximum Gasteiger partial charge on any atom is 0.327 e. The van der Waals surface area contributed by atoms with E-state index in [1.165, 1.54) is 17.8 Å². The minimum absolute atomic E-state index is 0.0476. The SMILES string of the molecule is C=CC(=O)N[C@H]1CCC[C@H]1NC(=O)C1=C2NC(=O)N(c3ccc(Oc4cccnc4C)cn3)C3CCNC(S1)C23. The summed E-state index contributed by atoms with van der Waals surface area (Å²) in [5, 5.41) is 12.5. The van der Waals surface area contributed by atoms with E-state index in [4.69, 9.17) is 4.74 Å². The molecule has 40 heavy (non-hydrogen) atoms. The average Bonchev–Trinajstić information content (AvgIpc) is 3.55. The fourth-order valence-corrected chi connectivity index (χ4v) is 7.35. The highest BCUT2D eigenvalue weighted by Gasteiger charge is 2.52. The molecule has 0 radical (unpaired) electrons. The molecular weight excluding hydrogens is 530 g/mol. The molecule has 208 valence electrons. The Kier molecular flexibility index (Phi) is 7.20. The molecule has 4 aliphatic rings.